The first-order chi connectivity index (χ1) is 9.09. The Hall–Kier alpha value is -1.10. The van der Waals surface area contributed by atoms with Crippen LogP contribution in [-0.2, 0) is 9.53 Å². The molecule has 4 nitrogen and oxygen atoms in total. The highest BCUT2D eigenvalue weighted by molar-refractivity contribution is 6.30. The lowest BCUT2D eigenvalue weighted by Crippen LogP contribution is -2.52. The second-order valence-corrected chi connectivity index (χ2v) is 5.19. The number of likely N-dealkylation sites (N-methyl/N-ethyl adjacent to an activating group) is 1. The third-order valence-corrected chi connectivity index (χ3v) is 3.75. The van der Waals surface area contributed by atoms with Crippen LogP contribution in [0.15, 0.2) is 24.3 Å². The van der Waals surface area contributed by atoms with Gasteiger partial charge in [0.2, 0.25) is 5.91 Å². The van der Waals surface area contributed by atoms with E-state index in [2.05, 4.69) is 5.32 Å². The molecule has 2 rings (SSSR count). The molecule has 2 unspecified atom stereocenters. The summed E-state index contributed by atoms with van der Waals surface area (Å²) in [5.41, 5.74) is 1.07. The molecule has 1 fully saturated rings. The lowest BCUT2D eigenvalue weighted by molar-refractivity contribution is -0.137. The fourth-order valence-electron chi connectivity index (χ4n) is 2.13. The number of carbonyl (C=O) groups is 1. The minimum atomic E-state index is -0.242. The van der Waals surface area contributed by atoms with Crippen molar-refractivity contribution in [1.29, 1.82) is 0 Å². The zero-order valence-electron chi connectivity index (χ0n) is 11.2. The van der Waals surface area contributed by atoms with E-state index in [0.717, 1.165) is 12.1 Å². The Balaban J connectivity index is 2.03. The molecule has 1 aromatic carbocycles. The zero-order valence-corrected chi connectivity index (χ0v) is 12.0. The van der Waals surface area contributed by atoms with Crippen molar-refractivity contribution < 1.29 is 9.53 Å². The first-order valence-corrected chi connectivity index (χ1v) is 6.80. The average Bonchev–Trinajstić information content (AvgIpc) is 2.46. The van der Waals surface area contributed by atoms with Crippen LogP contribution < -0.4 is 5.32 Å². The number of amides is 1. The van der Waals surface area contributed by atoms with Crippen LogP contribution in [0.25, 0.3) is 0 Å². The molecule has 0 bridgehead atoms. The predicted octanol–water partition coefficient (Wildman–Crippen LogP) is 1.85. The van der Waals surface area contributed by atoms with Crippen molar-refractivity contribution in [2.75, 3.05) is 26.8 Å². The maximum Gasteiger partial charge on any atom is 0.242 e. The Morgan fingerprint density at radius 1 is 1.47 bits per heavy atom. The minimum Gasteiger partial charge on any atom is -0.378 e. The number of ether oxygens (including phenoxy) is 1. The summed E-state index contributed by atoms with van der Waals surface area (Å²) in [6.45, 7) is 3.83. The Morgan fingerprint density at radius 3 is 2.74 bits per heavy atom. The summed E-state index contributed by atoms with van der Waals surface area (Å²) in [6, 6.07) is 7.34. The lowest BCUT2D eigenvalue weighted by atomic mass is 10.1. The second kappa shape index (κ2) is 6.37. The van der Waals surface area contributed by atoms with Gasteiger partial charge in [-0.25, -0.2) is 0 Å². The SMILES string of the molecule is CC(c1ccc(Cl)cc1)N(C)C(=O)C1COCCN1. The molecule has 104 valence electrons. The fourth-order valence-corrected chi connectivity index (χ4v) is 2.25. The number of morpholine rings is 1. The Labute approximate surface area is 118 Å². The van der Waals surface area contributed by atoms with E-state index < -0.39 is 0 Å². The molecule has 19 heavy (non-hydrogen) atoms. The van der Waals surface area contributed by atoms with Crippen LogP contribution in [0.4, 0.5) is 0 Å². The molecule has 1 heterocycles. The van der Waals surface area contributed by atoms with Gasteiger partial charge in [0.25, 0.3) is 0 Å². The molecule has 5 heteroatoms. The molecule has 0 saturated carbocycles. The summed E-state index contributed by atoms with van der Waals surface area (Å²) >= 11 is 5.87. The molecule has 0 radical (unpaired) electrons. The molecule has 1 aromatic rings. The Morgan fingerprint density at radius 2 is 2.16 bits per heavy atom. The molecular formula is C14H19ClN2O2. The van der Waals surface area contributed by atoms with E-state index in [-0.39, 0.29) is 18.0 Å². The normalized spacial score (nSPS) is 20.9. The van der Waals surface area contributed by atoms with Gasteiger partial charge >= 0.3 is 0 Å². The van der Waals surface area contributed by atoms with Crippen molar-refractivity contribution in [3.8, 4) is 0 Å². The van der Waals surface area contributed by atoms with E-state index in [4.69, 9.17) is 16.3 Å². The Kier molecular flexibility index (Phi) is 4.80. The molecule has 1 N–H and O–H groups in total. The highest BCUT2D eigenvalue weighted by Crippen LogP contribution is 2.21. The van der Waals surface area contributed by atoms with Gasteiger partial charge in [0, 0.05) is 18.6 Å². The maximum atomic E-state index is 12.3. The van der Waals surface area contributed by atoms with Gasteiger partial charge in [0.05, 0.1) is 19.3 Å². The van der Waals surface area contributed by atoms with E-state index in [9.17, 15) is 4.79 Å². The summed E-state index contributed by atoms with van der Waals surface area (Å²) in [5, 5.41) is 3.88. The molecule has 2 atom stereocenters. The second-order valence-electron chi connectivity index (χ2n) is 4.76. The van der Waals surface area contributed by atoms with Gasteiger partial charge in [-0.1, -0.05) is 23.7 Å². The van der Waals surface area contributed by atoms with Crippen molar-refractivity contribution in [2.24, 2.45) is 0 Å². The van der Waals surface area contributed by atoms with Crippen LogP contribution in [0.1, 0.15) is 18.5 Å². The predicted molar refractivity (Wildman–Crippen MR) is 75.2 cm³/mol. The largest absolute Gasteiger partial charge is 0.378 e. The molecule has 1 saturated heterocycles. The van der Waals surface area contributed by atoms with Crippen LogP contribution in [0.3, 0.4) is 0 Å². The lowest BCUT2D eigenvalue weighted by Gasteiger charge is -2.31. The van der Waals surface area contributed by atoms with Crippen molar-refractivity contribution in [1.82, 2.24) is 10.2 Å². The quantitative estimate of drug-likeness (QED) is 0.920. The average molecular weight is 283 g/mol. The number of nitrogens with zero attached hydrogens (tertiary/aromatic N) is 1. The van der Waals surface area contributed by atoms with Gasteiger partial charge in [0.15, 0.2) is 0 Å². The molecule has 1 aliphatic rings. The molecule has 0 spiro atoms. The van der Waals surface area contributed by atoms with Crippen LogP contribution in [0.5, 0.6) is 0 Å². The van der Waals surface area contributed by atoms with Gasteiger partial charge < -0.3 is 15.0 Å². The molecule has 1 aliphatic heterocycles. The van der Waals surface area contributed by atoms with Gasteiger partial charge in [0.1, 0.15) is 6.04 Å². The number of hydrogen-bond donors (Lipinski definition) is 1. The summed E-state index contributed by atoms with van der Waals surface area (Å²) < 4.78 is 5.33. The summed E-state index contributed by atoms with van der Waals surface area (Å²) in [7, 11) is 1.82. The topological polar surface area (TPSA) is 41.6 Å². The van der Waals surface area contributed by atoms with Crippen molar-refractivity contribution in [3.05, 3.63) is 34.9 Å². The van der Waals surface area contributed by atoms with Crippen LogP contribution in [0, 0.1) is 0 Å². The monoisotopic (exact) mass is 282 g/mol. The van der Waals surface area contributed by atoms with E-state index in [1.807, 2.05) is 38.2 Å². The highest BCUT2D eigenvalue weighted by Gasteiger charge is 2.27. The van der Waals surface area contributed by atoms with Gasteiger partial charge in [-0.05, 0) is 24.6 Å². The summed E-state index contributed by atoms with van der Waals surface area (Å²) in [4.78, 5) is 14.1. The first-order valence-electron chi connectivity index (χ1n) is 6.43. The number of halogens is 1. The smallest absolute Gasteiger partial charge is 0.242 e. The van der Waals surface area contributed by atoms with Crippen LogP contribution in [-0.4, -0.2) is 43.7 Å². The summed E-state index contributed by atoms with van der Waals surface area (Å²) in [5.74, 6) is 0.0575. The van der Waals surface area contributed by atoms with Crippen molar-refractivity contribution in [2.45, 2.75) is 19.0 Å². The Bertz CT molecular complexity index is 430. The molecular weight excluding hydrogens is 264 g/mol. The standard InChI is InChI=1S/C14H19ClN2O2/c1-10(11-3-5-12(15)6-4-11)17(2)14(18)13-9-19-8-7-16-13/h3-6,10,13,16H,7-9H2,1-2H3. The maximum absolute atomic E-state index is 12.3. The fraction of sp³-hybridized carbons (Fsp3) is 0.500. The molecule has 0 aromatic heterocycles. The molecule has 0 aliphatic carbocycles. The number of carbonyl (C=O) groups excluding carboxylic acids is 1. The van der Waals surface area contributed by atoms with E-state index in [1.165, 1.54) is 0 Å². The summed E-state index contributed by atoms with van der Waals surface area (Å²) in [6.07, 6.45) is 0. The first kappa shape index (κ1) is 14.3. The van der Waals surface area contributed by atoms with Crippen molar-refractivity contribution >= 4 is 17.5 Å². The van der Waals surface area contributed by atoms with E-state index in [1.54, 1.807) is 4.90 Å². The highest BCUT2D eigenvalue weighted by atomic mass is 35.5. The van der Waals surface area contributed by atoms with Crippen LogP contribution >= 0.6 is 11.6 Å². The number of benzene rings is 1. The van der Waals surface area contributed by atoms with Crippen molar-refractivity contribution in [3.63, 3.8) is 0 Å². The van der Waals surface area contributed by atoms with Gasteiger partial charge in [-0.3, -0.25) is 4.79 Å². The third-order valence-electron chi connectivity index (χ3n) is 3.50. The number of nitrogens with one attached hydrogen (secondary N) is 1. The third kappa shape index (κ3) is 3.47. The minimum absolute atomic E-state index is 0.00786. The number of rotatable bonds is 3. The van der Waals surface area contributed by atoms with Gasteiger partial charge in [-0.15, -0.1) is 0 Å². The molecule has 1 amide bonds. The van der Waals surface area contributed by atoms with Crippen LogP contribution in [0.2, 0.25) is 5.02 Å². The van der Waals surface area contributed by atoms with Gasteiger partial charge in [-0.2, -0.15) is 0 Å². The zero-order chi connectivity index (χ0) is 13.8. The number of hydrogen-bond acceptors (Lipinski definition) is 3. The van der Waals surface area contributed by atoms with E-state index in [0.29, 0.717) is 18.2 Å². The van der Waals surface area contributed by atoms with E-state index >= 15 is 0 Å².